The van der Waals surface area contributed by atoms with E-state index in [1.165, 1.54) is 41.6 Å². The summed E-state index contributed by atoms with van der Waals surface area (Å²) in [7, 11) is 1.95. The number of hydrogen-bond donors (Lipinski definition) is 1. The van der Waals surface area contributed by atoms with Crippen molar-refractivity contribution in [1.82, 2.24) is 9.78 Å². The molecule has 3 nitrogen and oxygen atoms in total. The summed E-state index contributed by atoms with van der Waals surface area (Å²) in [5.74, 6) is 0. The summed E-state index contributed by atoms with van der Waals surface area (Å²) in [6.45, 7) is 2.17. The molecule has 0 amide bonds. The molecule has 0 aliphatic heterocycles. The Balaban J connectivity index is 1.76. The van der Waals surface area contributed by atoms with Crippen molar-refractivity contribution in [3.63, 3.8) is 0 Å². The number of fused-ring (bicyclic) bond motifs is 1. The summed E-state index contributed by atoms with van der Waals surface area (Å²) < 4.78 is 1.84. The summed E-state index contributed by atoms with van der Waals surface area (Å²) >= 11 is 0. The number of benzene rings is 1. The van der Waals surface area contributed by atoms with Crippen LogP contribution in [0, 0.1) is 0 Å². The van der Waals surface area contributed by atoms with Gasteiger partial charge in [0.1, 0.15) is 0 Å². The van der Waals surface area contributed by atoms with E-state index in [0.717, 1.165) is 0 Å². The fraction of sp³-hybridized carbons (Fsp3) is 0.400. The van der Waals surface area contributed by atoms with Gasteiger partial charge in [0.2, 0.25) is 0 Å². The average molecular weight is 241 g/mol. The number of rotatable bonds is 3. The van der Waals surface area contributed by atoms with E-state index in [-0.39, 0.29) is 6.04 Å². The Morgan fingerprint density at radius 1 is 1.28 bits per heavy atom. The predicted octanol–water partition coefficient (Wildman–Crippen LogP) is 3.08. The maximum absolute atomic E-state index is 4.21. The second-order valence-electron chi connectivity index (χ2n) is 5.15. The van der Waals surface area contributed by atoms with Crippen molar-refractivity contribution in [2.45, 2.75) is 32.2 Å². The molecule has 1 atom stereocenters. The van der Waals surface area contributed by atoms with Crippen LogP contribution in [0.4, 0.5) is 5.69 Å². The number of nitrogens with zero attached hydrogens (tertiary/aromatic N) is 2. The van der Waals surface area contributed by atoms with Crippen molar-refractivity contribution in [2.24, 2.45) is 7.05 Å². The van der Waals surface area contributed by atoms with Crippen LogP contribution >= 0.6 is 0 Å². The smallest absolute Gasteiger partial charge is 0.0542 e. The fourth-order valence-corrected chi connectivity index (χ4v) is 2.66. The maximum Gasteiger partial charge on any atom is 0.0542 e. The summed E-state index contributed by atoms with van der Waals surface area (Å²) in [5.41, 5.74) is 5.47. The Morgan fingerprint density at radius 2 is 2.11 bits per heavy atom. The van der Waals surface area contributed by atoms with Crippen molar-refractivity contribution in [2.75, 3.05) is 5.32 Å². The molecule has 0 bridgehead atoms. The largest absolute Gasteiger partial charge is 0.378 e. The SMILES string of the molecule is CC(Nc1ccc2c(c1)CCC2)c1cnn(C)c1. The van der Waals surface area contributed by atoms with Gasteiger partial charge in [-0.15, -0.1) is 0 Å². The molecule has 1 N–H and O–H groups in total. The van der Waals surface area contributed by atoms with Gasteiger partial charge in [-0.1, -0.05) is 6.07 Å². The summed E-state index contributed by atoms with van der Waals surface area (Å²) in [6, 6.07) is 7.05. The third kappa shape index (κ3) is 2.13. The van der Waals surface area contributed by atoms with Gasteiger partial charge in [0.25, 0.3) is 0 Å². The number of hydrogen-bond acceptors (Lipinski definition) is 2. The number of nitrogens with one attached hydrogen (secondary N) is 1. The molecular formula is C15H19N3. The highest BCUT2D eigenvalue weighted by atomic mass is 15.2. The normalized spacial score (nSPS) is 15.4. The highest BCUT2D eigenvalue weighted by molar-refractivity contribution is 5.51. The molecule has 0 saturated carbocycles. The molecule has 1 unspecified atom stereocenters. The molecule has 0 radical (unpaired) electrons. The lowest BCUT2D eigenvalue weighted by Crippen LogP contribution is -2.06. The van der Waals surface area contributed by atoms with Crippen LogP contribution < -0.4 is 5.32 Å². The van der Waals surface area contributed by atoms with Crippen LogP contribution in [0.25, 0.3) is 0 Å². The molecule has 0 fully saturated rings. The second-order valence-corrected chi connectivity index (χ2v) is 5.15. The lowest BCUT2D eigenvalue weighted by molar-refractivity contribution is 0.765. The lowest BCUT2D eigenvalue weighted by Gasteiger charge is -2.14. The van der Waals surface area contributed by atoms with E-state index in [0.29, 0.717) is 0 Å². The van der Waals surface area contributed by atoms with E-state index in [4.69, 9.17) is 0 Å². The van der Waals surface area contributed by atoms with Crippen molar-refractivity contribution in [3.8, 4) is 0 Å². The first kappa shape index (κ1) is 11.3. The third-order valence-electron chi connectivity index (χ3n) is 3.71. The first-order chi connectivity index (χ1) is 8.72. The van der Waals surface area contributed by atoms with Crippen LogP contribution in [0.3, 0.4) is 0 Å². The van der Waals surface area contributed by atoms with E-state index in [1.807, 2.05) is 17.9 Å². The topological polar surface area (TPSA) is 29.9 Å². The zero-order valence-electron chi connectivity index (χ0n) is 11.0. The molecule has 0 spiro atoms. The van der Waals surface area contributed by atoms with E-state index in [9.17, 15) is 0 Å². The summed E-state index contributed by atoms with van der Waals surface area (Å²) in [6.07, 6.45) is 7.76. The van der Waals surface area contributed by atoms with E-state index >= 15 is 0 Å². The van der Waals surface area contributed by atoms with Crippen LogP contribution in [0.15, 0.2) is 30.6 Å². The van der Waals surface area contributed by atoms with Gasteiger partial charge in [-0.05, 0) is 49.4 Å². The van der Waals surface area contributed by atoms with Crippen LogP contribution in [0.5, 0.6) is 0 Å². The Hall–Kier alpha value is -1.77. The maximum atomic E-state index is 4.21. The molecule has 1 aliphatic carbocycles. The highest BCUT2D eigenvalue weighted by Gasteiger charge is 2.12. The minimum absolute atomic E-state index is 0.290. The minimum atomic E-state index is 0.290. The van der Waals surface area contributed by atoms with Crippen molar-refractivity contribution >= 4 is 5.69 Å². The van der Waals surface area contributed by atoms with E-state index in [2.05, 4.69) is 41.7 Å². The Bertz CT molecular complexity index is 557. The number of aromatic nitrogens is 2. The van der Waals surface area contributed by atoms with Gasteiger partial charge in [0.15, 0.2) is 0 Å². The molecular weight excluding hydrogens is 222 g/mol. The molecule has 2 aromatic rings. The van der Waals surface area contributed by atoms with Gasteiger partial charge in [0.05, 0.1) is 12.2 Å². The van der Waals surface area contributed by atoms with Crippen LogP contribution in [0.2, 0.25) is 0 Å². The van der Waals surface area contributed by atoms with Crippen molar-refractivity contribution in [1.29, 1.82) is 0 Å². The first-order valence-corrected chi connectivity index (χ1v) is 6.59. The average Bonchev–Trinajstić information content (AvgIpc) is 2.96. The van der Waals surface area contributed by atoms with Gasteiger partial charge in [-0.3, -0.25) is 4.68 Å². The number of aryl methyl sites for hydroxylation is 3. The minimum Gasteiger partial charge on any atom is -0.378 e. The Morgan fingerprint density at radius 3 is 2.89 bits per heavy atom. The molecule has 1 aromatic heterocycles. The Kier molecular flexibility index (Phi) is 2.82. The molecule has 1 heterocycles. The molecule has 1 aromatic carbocycles. The first-order valence-electron chi connectivity index (χ1n) is 6.59. The quantitative estimate of drug-likeness (QED) is 0.895. The van der Waals surface area contributed by atoms with Crippen LogP contribution in [-0.4, -0.2) is 9.78 Å². The zero-order chi connectivity index (χ0) is 12.5. The van der Waals surface area contributed by atoms with Crippen molar-refractivity contribution < 1.29 is 0 Å². The van der Waals surface area contributed by atoms with Crippen LogP contribution in [-0.2, 0) is 19.9 Å². The highest BCUT2D eigenvalue weighted by Crippen LogP contribution is 2.26. The lowest BCUT2D eigenvalue weighted by atomic mass is 10.1. The van der Waals surface area contributed by atoms with Gasteiger partial charge in [-0.25, -0.2) is 0 Å². The molecule has 94 valence electrons. The van der Waals surface area contributed by atoms with Gasteiger partial charge >= 0.3 is 0 Å². The molecule has 3 heteroatoms. The molecule has 1 aliphatic rings. The van der Waals surface area contributed by atoms with E-state index in [1.54, 1.807) is 0 Å². The molecule has 0 saturated heterocycles. The van der Waals surface area contributed by atoms with Crippen LogP contribution in [0.1, 0.15) is 36.1 Å². The zero-order valence-corrected chi connectivity index (χ0v) is 11.0. The second kappa shape index (κ2) is 4.48. The monoisotopic (exact) mass is 241 g/mol. The fourth-order valence-electron chi connectivity index (χ4n) is 2.66. The summed E-state index contributed by atoms with van der Waals surface area (Å²) in [5, 5.41) is 7.76. The summed E-state index contributed by atoms with van der Waals surface area (Å²) in [4.78, 5) is 0. The predicted molar refractivity (Wildman–Crippen MR) is 73.7 cm³/mol. The van der Waals surface area contributed by atoms with Gasteiger partial charge < -0.3 is 5.32 Å². The van der Waals surface area contributed by atoms with Gasteiger partial charge in [-0.2, -0.15) is 5.10 Å². The standard InChI is InChI=1S/C15H19N3/c1-11(14-9-16-18(2)10-14)17-15-7-6-12-4-3-5-13(12)8-15/h6-11,17H,3-5H2,1-2H3. The Labute approximate surface area is 108 Å². The van der Waals surface area contributed by atoms with Crippen molar-refractivity contribution in [3.05, 3.63) is 47.3 Å². The third-order valence-corrected chi connectivity index (χ3v) is 3.71. The molecule has 18 heavy (non-hydrogen) atoms. The van der Waals surface area contributed by atoms with Gasteiger partial charge in [0, 0.05) is 24.5 Å². The number of anilines is 1. The van der Waals surface area contributed by atoms with E-state index < -0.39 is 0 Å². The molecule has 3 rings (SSSR count).